The zero-order valence-electron chi connectivity index (χ0n) is 16.0. The number of hydrogen-bond donors (Lipinski definition) is 1. The van der Waals surface area contributed by atoms with Crippen LogP contribution in [0.15, 0.2) is 54.7 Å². The van der Waals surface area contributed by atoms with E-state index in [0.29, 0.717) is 33.3 Å². The van der Waals surface area contributed by atoms with Crippen molar-refractivity contribution < 1.29 is 4.79 Å². The average molecular weight is 449 g/mol. The first kappa shape index (κ1) is 21.4. The van der Waals surface area contributed by atoms with E-state index in [1.54, 1.807) is 29.1 Å². The van der Waals surface area contributed by atoms with Gasteiger partial charge in [-0.1, -0.05) is 79.0 Å². The molecule has 7 heteroatoms. The topological polar surface area (TPSA) is 46.9 Å². The first-order chi connectivity index (χ1) is 13.8. The highest BCUT2D eigenvalue weighted by Gasteiger charge is 2.11. The van der Waals surface area contributed by atoms with Crippen molar-refractivity contribution in [3.05, 3.63) is 86.5 Å². The number of halogens is 3. The van der Waals surface area contributed by atoms with Crippen LogP contribution in [0.25, 0.3) is 6.08 Å². The van der Waals surface area contributed by atoms with E-state index >= 15 is 0 Å². The Morgan fingerprint density at radius 3 is 2.48 bits per heavy atom. The Hall–Kier alpha value is -2.27. The molecule has 1 amide bonds. The quantitative estimate of drug-likeness (QED) is 0.428. The highest BCUT2D eigenvalue weighted by atomic mass is 35.5. The van der Waals surface area contributed by atoms with Gasteiger partial charge in [0, 0.05) is 22.3 Å². The minimum absolute atomic E-state index is 0.293. The van der Waals surface area contributed by atoms with Crippen molar-refractivity contribution in [2.24, 2.45) is 0 Å². The molecule has 0 fully saturated rings. The number of benzene rings is 2. The molecule has 0 radical (unpaired) electrons. The molecule has 0 aliphatic carbocycles. The van der Waals surface area contributed by atoms with Crippen LogP contribution in [0.4, 0.5) is 5.82 Å². The zero-order valence-corrected chi connectivity index (χ0v) is 18.3. The van der Waals surface area contributed by atoms with E-state index in [2.05, 4.69) is 36.4 Å². The summed E-state index contributed by atoms with van der Waals surface area (Å²) in [4.78, 5) is 12.2. The molecular formula is C22H20Cl3N3O. The highest BCUT2D eigenvalue weighted by molar-refractivity contribution is 6.35. The van der Waals surface area contributed by atoms with Gasteiger partial charge >= 0.3 is 0 Å². The number of aromatic nitrogens is 2. The van der Waals surface area contributed by atoms with Gasteiger partial charge in [0.05, 0.1) is 6.54 Å². The van der Waals surface area contributed by atoms with Gasteiger partial charge in [0.2, 0.25) is 5.91 Å². The SMILES string of the molecule is CC(C)c1ccc(/C=C/C(=O)Nc2nn(Cc3ccc(Cl)cc3Cl)cc2Cl)cc1. The summed E-state index contributed by atoms with van der Waals surface area (Å²) in [5.41, 5.74) is 3.04. The lowest BCUT2D eigenvalue weighted by Crippen LogP contribution is -2.09. The van der Waals surface area contributed by atoms with Gasteiger partial charge in [-0.2, -0.15) is 5.10 Å². The lowest BCUT2D eigenvalue weighted by atomic mass is 10.0. The van der Waals surface area contributed by atoms with Crippen LogP contribution in [0.5, 0.6) is 0 Å². The second-order valence-electron chi connectivity index (χ2n) is 6.90. The van der Waals surface area contributed by atoms with Crippen LogP contribution in [0.1, 0.15) is 36.5 Å². The minimum Gasteiger partial charge on any atom is -0.304 e. The summed E-state index contributed by atoms with van der Waals surface area (Å²) in [6, 6.07) is 13.3. The number of hydrogen-bond acceptors (Lipinski definition) is 2. The van der Waals surface area contributed by atoms with Crippen LogP contribution < -0.4 is 5.32 Å². The molecule has 0 spiro atoms. The normalized spacial score (nSPS) is 11.4. The molecule has 0 saturated carbocycles. The molecule has 150 valence electrons. The molecule has 1 N–H and O–H groups in total. The van der Waals surface area contributed by atoms with Gasteiger partial charge in [-0.05, 0) is 40.8 Å². The maximum atomic E-state index is 12.2. The Balaban J connectivity index is 1.64. The van der Waals surface area contributed by atoms with Gasteiger partial charge < -0.3 is 5.32 Å². The van der Waals surface area contributed by atoms with Gasteiger partial charge in [-0.15, -0.1) is 0 Å². The first-order valence-corrected chi connectivity index (χ1v) is 10.2. The molecule has 3 aromatic rings. The van der Waals surface area contributed by atoms with Gasteiger partial charge in [0.15, 0.2) is 5.82 Å². The molecule has 3 rings (SSSR count). The summed E-state index contributed by atoms with van der Waals surface area (Å²) in [6.45, 7) is 4.69. The maximum Gasteiger partial charge on any atom is 0.249 e. The molecule has 4 nitrogen and oxygen atoms in total. The fourth-order valence-corrected chi connectivity index (χ4v) is 3.38. The van der Waals surface area contributed by atoms with E-state index in [1.807, 2.05) is 18.2 Å². The number of rotatable bonds is 6. The van der Waals surface area contributed by atoms with Crippen LogP contribution in [-0.4, -0.2) is 15.7 Å². The Morgan fingerprint density at radius 2 is 1.83 bits per heavy atom. The molecule has 0 saturated heterocycles. The van der Waals surface area contributed by atoms with Gasteiger partial charge in [-0.3, -0.25) is 9.48 Å². The first-order valence-electron chi connectivity index (χ1n) is 9.07. The van der Waals surface area contributed by atoms with Crippen LogP contribution in [0.2, 0.25) is 15.1 Å². The van der Waals surface area contributed by atoms with Gasteiger partial charge in [-0.25, -0.2) is 0 Å². The van der Waals surface area contributed by atoms with Crippen molar-refractivity contribution in [3.63, 3.8) is 0 Å². The van der Waals surface area contributed by atoms with Gasteiger partial charge in [0.1, 0.15) is 5.02 Å². The van der Waals surface area contributed by atoms with Gasteiger partial charge in [0.25, 0.3) is 0 Å². The fourth-order valence-electron chi connectivity index (χ4n) is 2.71. The summed E-state index contributed by atoms with van der Waals surface area (Å²) in [7, 11) is 0. The number of nitrogens with zero attached hydrogens (tertiary/aromatic N) is 2. The summed E-state index contributed by atoms with van der Waals surface area (Å²) >= 11 is 18.3. The summed E-state index contributed by atoms with van der Waals surface area (Å²) in [5.74, 6) is 0.451. The molecule has 0 atom stereocenters. The van der Waals surface area contributed by atoms with Crippen molar-refractivity contribution in [1.29, 1.82) is 0 Å². The second-order valence-corrected chi connectivity index (χ2v) is 8.15. The molecule has 29 heavy (non-hydrogen) atoms. The number of nitrogens with one attached hydrogen (secondary N) is 1. The molecule has 0 aliphatic rings. The van der Waals surface area contributed by atoms with E-state index in [-0.39, 0.29) is 5.91 Å². The number of anilines is 1. The Kier molecular flexibility index (Phi) is 7.01. The lowest BCUT2D eigenvalue weighted by Gasteiger charge is -2.05. The van der Waals surface area contributed by atoms with Crippen molar-refractivity contribution in [2.45, 2.75) is 26.3 Å². The molecular weight excluding hydrogens is 429 g/mol. The van der Waals surface area contributed by atoms with Crippen LogP contribution in [-0.2, 0) is 11.3 Å². The van der Waals surface area contributed by atoms with Crippen molar-refractivity contribution in [1.82, 2.24) is 9.78 Å². The zero-order chi connectivity index (χ0) is 21.0. The largest absolute Gasteiger partial charge is 0.304 e. The molecule has 1 aromatic heterocycles. The predicted molar refractivity (Wildman–Crippen MR) is 121 cm³/mol. The molecule has 2 aromatic carbocycles. The van der Waals surface area contributed by atoms with Crippen molar-refractivity contribution in [2.75, 3.05) is 5.32 Å². The highest BCUT2D eigenvalue weighted by Crippen LogP contribution is 2.24. The average Bonchev–Trinajstić information content (AvgIpc) is 3.01. The van der Waals surface area contributed by atoms with E-state index in [4.69, 9.17) is 34.8 Å². The molecule has 0 aliphatic heterocycles. The van der Waals surface area contributed by atoms with Crippen molar-refractivity contribution >= 4 is 52.6 Å². The Bertz CT molecular complexity index is 1040. The summed E-state index contributed by atoms with van der Waals surface area (Å²) in [6.07, 6.45) is 4.84. The third kappa shape index (κ3) is 5.86. The number of amides is 1. The third-order valence-corrected chi connectivity index (χ3v) is 5.20. The maximum absolute atomic E-state index is 12.2. The summed E-state index contributed by atoms with van der Waals surface area (Å²) < 4.78 is 1.61. The monoisotopic (exact) mass is 447 g/mol. The van der Waals surface area contributed by atoms with Crippen molar-refractivity contribution in [3.8, 4) is 0 Å². The molecule has 1 heterocycles. The number of carbonyl (C=O) groups excluding carboxylic acids is 1. The predicted octanol–water partition coefficient (Wildman–Crippen LogP) is 6.67. The minimum atomic E-state index is -0.311. The standard InChI is InChI=1S/C22H20Cl3N3O/c1-14(2)16-6-3-15(4-7-16)5-10-21(29)26-22-20(25)13-28(27-22)12-17-8-9-18(23)11-19(17)24/h3-11,13-14H,12H2,1-2H3,(H,26,27,29)/b10-5+. The van der Waals surface area contributed by atoms with E-state index in [9.17, 15) is 4.79 Å². The van der Waals surface area contributed by atoms with E-state index in [1.165, 1.54) is 11.6 Å². The lowest BCUT2D eigenvalue weighted by molar-refractivity contribution is -0.111. The van der Waals surface area contributed by atoms with Crippen LogP contribution >= 0.6 is 34.8 Å². The molecule has 0 unspecified atom stereocenters. The fraction of sp³-hybridized carbons (Fsp3) is 0.182. The van der Waals surface area contributed by atoms with E-state index < -0.39 is 0 Å². The molecule has 0 bridgehead atoms. The smallest absolute Gasteiger partial charge is 0.249 e. The Labute approximate surface area is 185 Å². The third-order valence-electron chi connectivity index (χ3n) is 4.34. The summed E-state index contributed by atoms with van der Waals surface area (Å²) in [5, 5.41) is 8.47. The Morgan fingerprint density at radius 1 is 1.10 bits per heavy atom. The van der Waals surface area contributed by atoms with E-state index in [0.717, 1.165) is 11.1 Å². The number of carbonyl (C=O) groups is 1. The van der Waals surface area contributed by atoms with Crippen LogP contribution in [0.3, 0.4) is 0 Å². The van der Waals surface area contributed by atoms with Crippen LogP contribution in [0, 0.1) is 0 Å². The second kappa shape index (κ2) is 9.49.